The average molecular weight is 611 g/mol. The Hall–Kier alpha value is -3.76. The summed E-state index contributed by atoms with van der Waals surface area (Å²) in [6, 6.07) is 4.29. The molecule has 1 aromatic heterocycles. The van der Waals surface area contributed by atoms with Gasteiger partial charge in [0.15, 0.2) is 0 Å². The van der Waals surface area contributed by atoms with E-state index in [1.165, 1.54) is 12.1 Å². The summed E-state index contributed by atoms with van der Waals surface area (Å²) in [5, 5.41) is 15.5. The van der Waals surface area contributed by atoms with Crippen molar-refractivity contribution in [3.05, 3.63) is 47.5 Å². The summed E-state index contributed by atoms with van der Waals surface area (Å²) in [5.74, 6) is -2.21. The van der Waals surface area contributed by atoms with E-state index in [0.717, 1.165) is 38.5 Å². The molecule has 0 bridgehead atoms. The van der Waals surface area contributed by atoms with Crippen LogP contribution >= 0.6 is 0 Å². The van der Waals surface area contributed by atoms with Gasteiger partial charge in [-0.3, -0.25) is 23.9 Å². The molecule has 2 aliphatic rings. The van der Waals surface area contributed by atoms with Gasteiger partial charge in [-0.2, -0.15) is 5.10 Å². The van der Waals surface area contributed by atoms with Gasteiger partial charge in [0.2, 0.25) is 17.7 Å². The molecule has 0 radical (unpaired) electrons. The highest BCUT2D eigenvalue weighted by atomic mass is 19.1. The molecule has 240 valence electrons. The summed E-state index contributed by atoms with van der Waals surface area (Å²) in [7, 11) is 0. The Balaban J connectivity index is 1.50. The number of nitrogens with one attached hydrogen (secondary N) is 4. The fourth-order valence-electron chi connectivity index (χ4n) is 5.82. The minimum atomic E-state index is -0.880. The number of aromatic nitrogens is 2. The third-order valence-electron chi connectivity index (χ3n) is 9.34. The molecule has 1 heterocycles. The molecule has 1 aromatic carbocycles. The fourth-order valence-corrected chi connectivity index (χ4v) is 5.82. The average Bonchev–Trinajstić information content (AvgIpc) is 3.55. The molecule has 4 rings (SSSR count). The molecule has 4 N–H and O–H groups in total. The summed E-state index contributed by atoms with van der Waals surface area (Å²) in [5.41, 5.74) is 0.940. The van der Waals surface area contributed by atoms with E-state index in [2.05, 4.69) is 40.2 Å². The van der Waals surface area contributed by atoms with Crippen LogP contribution in [0.25, 0.3) is 0 Å². The Morgan fingerprint density at radius 1 is 1.05 bits per heavy atom. The number of hydrogen-bond acceptors (Lipinski definition) is 5. The lowest BCUT2D eigenvalue weighted by Crippen LogP contribution is -2.50. The molecule has 0 unspecified atom stereocenters. The number of halogens is 1. The van der Waals surface area contributed by atoms with Gasteiger partial charge in [-0.05, 0) is 73.6 Å². The summed E-state index contributed by atoms with van der Waals surface area (Å²) < 4.78 is 17.1. The second-order valence-electron chi connectivity index (χ2n) is 12.9. The van der Waals surface area contributed by atoms with Crippen LogP contribution in [-0.4, -0.2) is 52.0 Å². The number of rotatable bonds is 13. The number of amides is 4. The number of benzene rings is 1. The van der Waals surface area contributed by atoms with Gasteiger partial charge in [0, 0.05) is 31.6 Å². The first-order chi connectivity index (χ1) is 20.9. The van der Waals surface area contributed by atoms with E-state index < -0.39 is 35.6 Å². The molecule has 2 saturated carbocycles. The number of aryl methyl sites for hydroxylation is 1. The second-order valence-corrected chi connectivity index (χ2v) is 12.9. The van der Waals surface area contributed by atoms with E-state index >= 15 is 4.39 Å². The van der Waals surface area contributed by atoms with E-state index in [0.29, 0.717) is 30.3 Å². The van der Waals surface area contributed by atoms with Crippen molar-refractivity contribution in [3.8, 4) is 0 Å². The Bertz CT molecular complexity index is 1350. The van der Waals surface area contributed by atoms with Crippen LogP contribution in [0.2, 0.25) is 0 Å². The predicted octanol–water partition coefficient (Wildman–Crippen LogP) is 4.52. The Labute approximate surface area is 259 Å². The molecular weight excluding hydrogens is 563 g/mol. The SMILES string of the molecule is CCC(=O)N[C@@H](C(=O)NCC1(C)CC1)[C@@H](C)c1ccc(NC(=O)[C@@H](NC(=O)c2ccnn2CC)C2CCC(C)CC2)c(F)c1. The minimum absolute atomic E-state index is 0.0202. The summed E-state index contributed by atoms with van der Waals surface area (Å²) in [4.78, 5) is 52.2. The van der Waals surface area contributed by atoms with E-state index in [9.17, 15) is 19.2 Å². The van der Waals surface area contributed by atoms with Gasteiger partial charge >= 0.3 is 0 Å². The Morgan fingerprint density at radius 3 is 2.36 bits per heavy atom. The zero-order chi connectivity index (χ0) is 32.0. The van der Waals surface area contributed by atoms with E-state index in [-0.39, 0.29) is 35.3 Å². The van der Waals surface area contributed by atoms with Crippen molar-refractivity contribution in [2.24, 2.45) is 17.3 Å². The van der Waals surface area contributed by atoms with Crippen molar-refractivity contribution in [3.63, 3.8) is 0 Å². The highest BCUT2D eigenvalue weighted by Crippen LogP contribution is 2.44. The fraction of sp³-hybridized carbons (Fsp3) is 0.606. The monoisotopic (exact) mass is 610 g/mol. The molecule has 0 spiro atoms. The van der Waals surface area contributed by atoms with Gasteiger partial charge in [0.05, 0.1) is 5.69 Å². The van der Waals surface area contributed by atoms with E-state index in [1.54, 1.807) is 36.9 Å². The molecule has 2 fully saturated rings. The lowest BCUT2D eigenvalue weighted by atomic mass is 9.79. The van der Waals surface area contributed by atoms with Crippen LogP contribution in [0.1, 0.15) is 102 Å². The smallest absolute Gasteiger partial charge is 0.270 e. The van der Waals surface area contributed by atoms with Crippen molar-refractivity contribution in [1.29, 1.82) is 0 Å². The number of hydrogen-bond donors (Lipinski definition) is 4. The van der Waals surface area contributed by atoms with Gasteiger partial charge < -0.3 is 21.3 Å². The third-order valence-corrected chi connectivity index (χ3v) is 9.34. The first-order valence-corrected chi connectivity index (χ1v) is 15.9. The molecule has 0 saturated heterocycles. The standard InChI is InChI=1S/C33H47FN6O4/c1-6-27(41)38-28(31(43)35-19-33(5)15-16-33)21(4)23-12-13-25(24(34)18-23)37-32(44)29(22-10-8-20(3)9-11-22)39-30(42)26-14-17-36-40(26)7-2/h12-14,17-18,20-22,28-29H,6-11,15-16,19H2,1-5H3,(H,35,43)(H,37,44)(H,38,41)(H,39,42)/t20?,21-,22?,28+,29-/m0/s1. The molecule has 44 heavy (non-hydrogen) atoms. The number of carbonyl (C=O) groups excluding carboxylic acids is 4. The molecule has 2 aliphatic carbocycles. The van der Waals surface area contributed by atoms with Crippen molar-refractivity contribution < 1.29 is 23.6 Å². The Kier molecular flexibility index (Phi) is 10.8. The van der Waals surface area contributed by atoms with Crippen molar-refractivity contribution in [2.75, 3.05) is 11.9 Å². The molecular formula is C33H47FN6O4. The topological polar surface area (TPSA) is 134 Å². The molecule has 10 nitrogen and oxygen atoms in total. The lowest BCUT2D eigenvalue weighted by molar-refractivity contribution is -0.129. The summed E-state index contributed by atoms with van der Waals surface area (Å²) in [6.45, 7) is 10.7. The number of nitrogens with zero attached hydrogens (tertiary/aromatic N) is 2. The highest BCUT2D eigenvalue weighted by molar-refractivity contribution is 6.00. The second kappa shape index (κ2) is 14.3. The van der Waals surface area contributed by atoms with Gasteiger partial charge in [-0.25, -0.2) is 4.39 Å². The van der Waals surface area contributed by atoms with Crippen LogP contribution in [0.3, 0.4) is 0 Å². The molecule has 4 amide bonds. The summed E-state index contributed by atoms with van der Waals surface area (Å²) >= 11 is 0. The van der Waals surface area contributed by atoms with Crippen LogP contribution in [0.5, 0.6) is 0 Å². The van der Waals surface area contributed by atoms with E-state index in [4.69, 9.17) is 0 Å². The van der Waals surface area contributed by atoms with Crippen molar-refractivity contribution in [1.82, 2.24) is 25.7 Å². The summed E-state index contributed by atoms with van der Waals surface area (Å²) in [6.07, 6.45) is 7.29. The first-order valence-electron chi connectivity index (χ1n) is 15.9. The molecule has 3 atom stereocenters. The normalized spacial score (nSPS) is 21.0. The maximum Gasteiger partial charge on any atom is 0.270 e. The van der Waals surface area contributed by atoms with Gasteiger partial charge in [0.1, 0.15) is 23.6 Å². The predicted molar refractivity (Wildman–Crippen MR) is 166 cm³/mol. The van der Waals surface area contributed by atoms with Crippen molar-refractivity contribution in [2.45, 2.75) is 104 Å². The third kappa shape index (κ3) is 8.24. The number of carbonyl (C=O) groups is 4. The maximum atomic E-state index is 15.5. The van der Waals surface area contributed by atoms with Crippen LogP contribution in [-0.2, 0) is 20.9 Å². The molecule has 2 aromatic rings. The molecule has 0 aliphatic heterocycles. The molecule has 11 heteroatoms. The maximum absolute atomic E-state index is 15.5. The zero-order valence-corrected chi connectivity index (χ0v) is 26.5. The zero-order valence-electron chi connectivity index (χ0n) is 26.5. The Morgan fingerprint density at radius 2 is 1.75 bits per heavy atom. The van der Waals surface area contributed by atoms with Crippen LogP contribution in [0.4, 0.5) is 10.1 Å². The van der Waals surface area contributed by atoms with Crippen LogP contribution in [0, 0.1) is 23.1 Å². The highest BCUT2D eigenvalue weighted by Gasteiger charge is 2.39. The minimum Gasteiger partial charge on any atom is -0.354 e. The first kappa shape index (κ1) is 33.1. The lowest BCUT2D eigenvalue weighted by Gasteiger charge is -2.32. The van der Waals surface area contributed by atoms with Crippen molar-refractivity contribution >= 4 is 29.3 Å². The van der Waals surface area contributed by atoms with Crippen LogP contribution < -0.4 is 21.3 Å². The van der Waals surface area contributed by atoms with Gasteiger partial charge in [-0.1, -0.05) is 46.6 Å². The van der Waals surface area contributed by atoms with Gasteiger partial charge in [0.25, 0.3) is 5.91 Å². The number of anilines is 1. The van der Waals surface area contributed by atoms with Gasteiger partial charge in [-0.15, -0.1) is 0 Å². The quantitative estimate of drug-likeness (QED) is 0.265. The largest absolute Gasteiger partial charge is 0.354 e. The van der Waals surface area contributed by atoms with E-state index in [1.807, 2.05) is 6.92 Å². The van der Waals surface area contributed by atoms with Crippen LogP contribution in [0.15, 0.2) is 30.5 Å².